The number of carbonyl (C=O) groups excluding carboxylic acids is 1. The molecule has 8 heteroatoms. The van der Waals surface area contributed by atoms with Crippen molar-refractivity contribution in [2.45, 2.75) is 19.9 Å². The van der Waals surface area contributed by atoms with Crippen molar-refractivity contribution in [3.8, 4) is 0 Å². The third-order valence-corrected chi connectivity index (χ3v) is 3.41. The minimum absolute atomic E-state index is 0.218. The quantitative estimate of drug-likeness (QED) is 0.911. The van der Waals surface area contributed by atoms with Gasteiger partial charge in [0.05, 0.1) is 16.8 Å². The molecule has 2 rings (SSSR count). The van der Waals surface area contributed by atoms with Crippen molar-refractivity contribution in [3.05, 3.63) is 28.6 Å². The molecule has 0 spiro atoms. The van der Waals surface area contributed by atoms with Crippen LogP contribution in [0.2, 0.25) is 5.02 Å². The maximum atomic E-state index is 12.1. The van der Waals surface area contributed by atoms with E-state index in [1.165, 1.54) is 0 Å². The summed E-state index contributed by atoms with van der Waals surface area (Å²) in [7, 11) is 3.56. The number of hydrogen-bond donors (Lipinski definition) is 1. The zero-order valence-electron chi connectivity index (χ0n) is 11.2. The fourth-order valence-electron chi connectivity index (χ4n) is 1.74. The van der Waals surface area contributed by atoms with Crippen LogP contribution in [0.15, 0.2) is 6.33 Å². The topological polar surface area (TPSA) is 77.6 Å². The minimum Gasteiger partial charge on any atom is -0.341 e. The van der Waals surface area contributed by atoms with Crippen LogP contribution in [0.5, 0.6) is 0 Å². The molecule has 0 fully saturated rings. The minimum atomic E-state index is -0.329. The highest BCUT2D eigenvalue weighted by molar-refractivity contribution is 6.34. The van der Waals surface area contributed by atoms with E-state index in [9.17, 15) is 4.79 Å². The van der Waals surface area contributed by atoms with Crippen LogP contribution in [-0.4, -0.2) is 30.5 Å². The van der Waals surface area contributed by atoms with E-state index in [0.717, 1.165) is 5.69 Å². The van der Waals surface area contributed by atoms with Gasteiger partial charge in [-0.15, -0.1) is 10.2 Å². The Balaban J connectivity index is 2.17. The van der Waals surface area contributed by atoms with Crippen LogP contribution in [0.3, 0.4) is 0 Å². The molecule has 0 radical (unpaired) electrons. The highest BCUT2D eigenvalue weighted by atomic mass is 35.5. The molecule has 1 atom stereocenters. The van der Waals surface area contributed by atoms with Crippen molar-refractivity contribution in [2.24, 2.45) is 14.1 Å². The summed E-state index contributed by atoms with van der Waals surface area (Å²) in [4.78, 5) is 12.1. The molecule has 1 N–H and O–H groups in total. The first-order valence-electron chi connectivity index (χ1n) is 5.75. The second-order valence-electron chi connectivity index (χ2n) is 4.37. The summed E-state index contributed by atoms with van der Waals surface area (Å²) in [6.07, 6.45) is 1.58. The van der Waals surface area contributed by atoms with Crippen LogP contribution in [0, 0.1) is 6.92 Å². The average Bonchev–Trinajstić information content (AvgIpc) is 2.88. The normalized spacial score (nSPS) is 12.5. The summed E-state index contributed by atoms with van der Waals surface area (Å²) in [5.41, 5.74) is 0.966. The Bertz CT molecular complexity index is 617. The number of carbonyl (C=O) groups is 1. The van der Waals surface area contributed by atoms with Gasteiger partial charge < -0.3 is 9.88 Å². The van der Waals surface area contributed by atoms with Gasteiger partial charge in [0.2, 0.25) is 0 Å². The number of hydrogen-bond acceptors (Lipinski definition) is 4. The van der Waals surface area contributed by atoms with Gasteiger partial charge >= 0.3 is 0 Å². The molecule has 2 heterocycles. The zero-order valence-corrected chi connectivity index (χ0v) is 11.9. The first kappa shape index (κ1) is 13.5. The molecule has 0 aliphatic rings. The maximum Gasteiger partial charge on any atom is 0.273 e. The molecule has 0 aromatic carbocycles. The van der Waals surface area contributed by atoms with Crippen LogP contribution in [-0.2, 0) is 14.1 Å². The van der Waals surface area contributed by atoms with E-state index in [2.05, 4.69) is 20.6 Å². The van der Waals surface area contributed by atoms with Gasteiger partial charge in [-0.25, -0.2) is 0 Å². The van der Waals surface area contributed by atoms with Gasteiger partial charge in [-0.05, 0) is 13.8 Å². The van der Waals surface area contributed by atoms with Crippen LogP contribution < -0.4 is 5.32 Å². The smallest absolute Gasteiger partial charge is 0.273 e. The van der Waals surface area contributed by atoms with Gasteiger partial charge in [-0.3, -0.25) is 9.48 Å². The van der Waals surface area contributed by atoms with E-state index in [1.807, 2.05) is 14.0 Å². The summed E-state index contributed by atoms with van der Waals surface area (Å²) >= 11 is 6.07. The van der Waals surface area contributed by atoms with Gasteiger partial charge in [0.25, 0.3) is 5.91 Å². The Labute approximate surface area is 115 Å². The van der Waals surface area contributed by atoms with Gasteiger partial charge in [0.15, 0.2) is 11.5 Å². The lowest BCUT2D eigenvalue weighted by Crippen LogP contribution is -2.29. The highest BCUT2D eigenvalue weighted by Crippen LogP contribution is 2.20. The third-order valence-electron chi connectivity index (χ3n) is 2.96. The second-order valence-corrected chi connectivity index (χ2v) is 4.74. The predicted octanol–water partition coefficient (Wildman–Crippen LogP) is 1.00. The lowest BCUT2D eigenvalue weighted by Gasteiger charge is -2.11. The Morgan fingerprint density at radius 3 is 2.63 bits per heavy atom. The van der Waals surface area contributed by atoms with Crippen molar-refractivity contribution in [1.29, 1.82) is 0 Å². The van der Waals surface area contributed by atoms with Crippen LogP contribution in [0.25, 0.3) is 0 Å². The fraction of sp³-hybridized carbons (Fsp3) is 0.455. The largest absolute Gasteiger partial charge is 0.341 e. The Morgan fingerprint density at radius 1 is 1.47 bits per heavy atom. The zero-order chi connectivity index (χ0) is 14.2. The number of amides is 1. The van der Waals surface area contributed by atoms with Crippen molar-refractivity contribution in [2.75, 3.05) is 0 Å². The Morgan fingerprint density at radius 2 is 2.16 bits per heavy atom. The van der Waals surface area contributed by atoms with Gasteiger partial charge in [-0.1, -0.05) is 11.6 Å². The molecule has 102 valence electrons. The number of nitrogens with zero attached hydrogens (tertiary/aromatic N) is 5. The van der Waals surface area contributed by atoms with E-state index >= 15 is 0 Å². The lowest BCUT2D eigenvalue weighted by atomic mass is 10.3. The third kappa shape index (κ3) is 2.46. The maximum absolute atomic E-state index is 12.1. The first-order chi connectivity index (χ1) is 8.91. The summed E-state index contributed by atoms with van der Waals surface area (Å²) < 4.78 is 3.32. The Hall–Kier alpha value is -1.89. The number of halogens is 1. The molecule has 1 amide bonds. The monoisotopic (exact) mass is 282 g/mol. The summed E-state index contributed by atoms with van der Waals surface area (Å²) in [6.45, 7) is 3.63. The summed E-state index contributed by atoms with van der Waals surface area (Å²) in [5.74, 6) is 0.335. The molecule has 0 saturated carbocycles. The van der Waals surface area contributed by atoms with Gasteiger partial charge in [0.1, 0.15) is 6.33 Å². The summed E-state index contributed by atoms with van der Waals surface area (Å²) in [6, 6.07) is -0.279. The molecular weight excluding hydrogens is 268 g/mol. The van der Waals surface area contributed by atoms with E-state index in [4.69, 9.17) is 11.6 Å². The molecule has 19 heavy (non-hydrogen) atoms. The van der Waals surface area contributed by atoms with Crippen molar-refractivity contribution >= 4 is 17.5 Å². The van der Waals surface area contributed by atoms with Crippen molar-refractivity contribution in [1.82, 2.24) is 29.9 Å². The van der Waals surface area contributed by atoms with Gasteiger partial charge in [0, 0.05) is 14.1 Å². The molecule has 0 aliphatic carbocycles. The highest BCUT2D eigenvalue weighted by Gasteiger charge is 2.21. The molecule has 2 aromatic heterocycles. The van der Waals surface area contributed by atoms with Gasteiger partial charge in [-0.2, -0.15) is 5.10 Å². The van der Waals surface area contributed by atoms with E-state index in [-0.39, 0.29) is 17.6 Å². The molecule has 7 nitrogen and oxygen atoms in total. The number of rotatable bonds is 3. The SMILES string of the molecule is Cc1c(Cl)c(C(=O)NC(C)c2nncn2C)nn1C. The number of aryl methyl sites for hydroxylation is 2. The predicted molar refractivity (Wildman–Crippen MR) is 69.8 cm³/mol. The van der Waals surface area contributed by atoms with Crippen LogP contribution in [0.4, 0.5) is 0 Å². The van der Waals surface area contributed by atoms with E-state index in [0.29, 0.717) is 10.8 Å². The average molecular weight is 283 g/mol. The van der Waals surface area contributed by atoms with Crippen molar-refractivity contribution in [3.63, 3.8) is 0 Å². The number of aromatic nitrogens is 5. The molecule has 1 unspecified atom stereocenters. The second kappa shape index (κ2) is 5.00. The standard InChI is InChI=1S/C11H15ClN6O/c1-6(10-15-13-5-17(10)3)14-11(19)9-8(12)7(2)18(4)16-9/h5-6H,1-4H3,(H,14,19). The van der Waals surface area contributed by atoms with Crippen LogP contribution in [0.1, 0.15) is 35.0 Å². The molecule has 0 bridgehead atoms. The Kier molecular flexibility index (Phi) is 3.57. The summed E-state index contributed by atoms with van der Waals surface area (Å²) in [5, 5.41) is 15.0. The lowest BCUT2D eigenvalue weighted by molar-refractivity contribution is 0.0932. The fourth-order valence-corrected chi connectivity index (χ4v) is 1.99. The van der Waals surface area contributed by atoms with E-state index in [1.54, 1.807) is 29.5 Å². The number of nitrogens with one attached hydrogen (secondary N) is 1. The van der Waals surface area contributed by atoms with E-state index < -0.39 is 0 Å². The molecule has 0 saturated heterocycles. The molecule has 0 aliphatic heterocycles. The molecule has 2 aromatic rings. The molecular formula is C11H15ClN6O. The van der Waals surface area contributed by atoms with Crippen LogP contribution >= 0.6 is 11.6 Å². The first-order valence-corrected chi connectivity index (χ1v) is 6.13. The van der Waals surface area contributed by atoms with Crippen molar-refractivity contribution < 1.29 is 4.79 Å².